The maximum atomic E-state index is 12.9. The van der Waals surface area contributed by atoms with Gasteiger partial charge in [-0.05, 0) is 78.5 Å². The summed E-state index contributed by atoms with van der Waals surface area (Å²) in [5.74, 6) is -0.0918. The monoisotopic (exact) mass is 368 g/mol. The van der Waals surface area contributed by atoms with Gasteiger partial charge in [0.25, 0.3) is 0 Å². The number of rotatable bonds is 6. The fourth-order valence-electron chi connectivity index (χ4n) is 2.91. The SMILES string of the molecule is O=S(=O)(NCC1CCN(Cc2ccsc2)CC1)c1ccc(F)cc1. The molecule has 0 radical (unpaired) electrons. The molecule has 1 N–H and O–H groups in total. The highest BCUT2D eigenvalue weighted by Gasteiger charge is 2.22. The highest BCUT2D eigenvalue weighted by molar-refractivity contribution is 7.89. The summed E-state index contributed by atoms with van der Waals surface area (Å²) in [7, 11) is -3.56. The Balaban J connectivity index is 1.47. The van der Waals surface area contributed by atoms with Crippen LogP contribution in [-0.4, -0.2) is 33.0 Å². The van der Waals surface area contributed by atoms with Crippen molar-refractivity contribution in [2.24, 2.45) is 5.92 Å². The molecule has 0 saturated carbocycles. The summed E-state index contributed by atoms with van der Waals surface area (Å²) in [5, 5.41) is 4.26. The molecule has 4 nitrogen and oxygen atoms in total. The number of benzene rings is 1. The third kappa shape index (κ3) is 4.63. The molecular formula is C17H21FN2O2S2. The molecule has 0 spiro atoms. The van der Waals surface area contributed by atoms with Crippen molar-refractivity contribution in [2.45, 2.75) is 24.3 Å². The highest BCUT2D eigenvalue weighted by atomic mass is 32.2. The zero-order valence-corrected chi connectivity index (χ0v) is 15.0. The molecule has 130 valence electrons. The van der Waals surface area contributed by atoms with E-state index in [1.807, 2.05) is 0 Å². The normalized spacial score (nSPS) is 17.2. The van der Waals surface area contributed by atoms with Crippen molar-refractivity contribution in [2.75, 3.05) is 19.6 Å². The maximum absolute atomic E-state index is 12.9. The number of piperidine rings is 1. The van der Waals surface area contributed by atoms with E-state index in [1.165, 1.54) is 17.7 Å². The first-order valence-corrected chi connectivity index (χ1v) is 10.4. The van der Waals surface area contributed by atoms with Crippen LogP contribution in [0.3, 0.4) is 0 Å². The number of likely N-dealkylation sites (tertiary alicyclic amines) is 1. The van der Waals surface area contributed by atoms with E-state index in [0.29, 0.717) is 12.5 Å². The molecule has 1 saturated heterocycles. The molecule has 1 aliphatic rings. The van der Waals surface area contributed by atoms with E-state index in [9.17, 15) is 12.8 Å². The lowest BCUT2D eigenvalue weighted by Crippen LogP contribution is -2.38. The molecule has 1 aliphatic heterocycles. The molecule has 0 bridgehead atoms. The van der Waals surface area contributed by atoms with Crippen LogP contribution in [0.25, 0.3) is 0 Å². The van der Waals surface area contributed by atoms with Crippen LogP contribution < -0.4 is 4.72 Å². The van der Waals surface area contributed by atoms with Gasteiger partial charge in [-0.3, -0.25) is 4.90 Å². The van der Waals surface area contributed by atoms with Crippen molar-refractivity contribution in [1.82, 2.24) is 9.62 Å². The van der Waals surface area contributed by atoms with E-state index < -0.39 is 15.8 Å². The summed E-state index contributed by atoms with van der Waals surface area (Å²) in [6.45, 7) is 3.38. The van der Waals surface area contributed by atoms with Crippen LogP contribution >= 0.6 is 11.3 Å². The van der Waals surface area contributed by atoms with E-state index in [2.05, 4.69) is 26.4 Å². The van der Waals surface area contributed by atoms with Crippen molar-refractivity contribution < 1.29 is 12.8 Å². The molecule has 1 fully saturated rings. The molecule has 3 rings (SSSR count). The molecule has 0 atom stereocenters. The van der Waals surface area contributed by atoms with Gasteiger partial charge in [-0.1, -0.05) is 0 Å². The molecule has 1 aromatic carbocycles. The number of hydrogen-bond donors (Lipinski definition) is 1. The Labute approximate surface area is 146 Å². The number of halogens is 1. The summed E-state index contributed by atoms with van der Waals surface area (Å²) >= 11 is 1.71. The van der Waals surface area contributed by atoms with E-state index in [1.54, 1.807) is 11.3 Å². The molecule has 1 aromatic heterocycles. The van der Waals surface area contributed by atoms with Crippen molar-refractivity contribution in [3.63, 3.8) is 0 Å². The van der Waals surface area contributed by atoms with Gasteiger partial charge in [0.15, 0.2) is 0 Å². The second-order valence-electron chi connectivity index (χ2n) is 6.16. The smallest absolute Gasteiger partial charge is 0.240 e. The van der Waals surface area contributed by atoms with Gasteiger partial charge in [0.1, 0.15) is 5.82 Å². The van der Waals surface area contributed by atoms with Crippen LogP contribution in [0.4, 0.5) is 4.39 Å². The molecule has 0 unspecified atom stereocenters. The van der Waals surface area contributed by atoms with Gasteiger partial charge in [-0.25, -0.2) is 17.5 Å². The summed E-state index contributed by atoms with van der Waals surface area (Å²) in [5.41, 5.74) is 1.34. The Bertz CT molecular complexity index is 737. The van der Waals surface area contributed by atoms with Crippen molar-refractivity contribution in [1.29, 1.82) is 0 Å². The Morgan fingerprint density at radius 3 is 2.50 bits per heavy atom. The summed E-state index contributed by atoms with van der Waals surface area (Å²) in [6, 6.07) is 7.06. The summed E-state index contributed by atoms with van der Waals surface area (Å²) in [6.07, 6.45) is 1.96. The second-order valence-corrected chi connectivity index (χ2v) is 8.70. The molecular weight excluding hydrogens is 347 g/mol. The lowest BCUT2D eigenvalue weighted by molar-refractivity contribution is 0.179. The fraction of sp³-hybridized carbons (Fsp3) is 0.412. The topological polar surface area (TPSA) is 49.4 Å². The Morgan fingerprint density at radius 1 is 1.17 bits per heavy atom. The van der Waals surface area contributed by atoms with Crippen LogP contribution in [0.15, 0.2) is 46.0 Å². The van der Waals surface area contributed by atoms with E-state index in [4.69, 9.17) is 0 Å². The number of sulfonamides is 1. The van der Waals surface area contributed by atoms with E-state index in [0.717, 1.165) is 44.6 Å². The largest absolute Gasteiger partial charge is 0.299 e. The van der Waals surface area contributed by atoms with Gasteiger partial charge in [0.2, 0.25) is 10.0 Å². The molecule has 0 amide bonds. The number of nitrogens with one attached hydrogen (secondary N) is 1. The Hall–Kier alpha value is -1.28. The average molecular weight is 368 g/mol. The van der Waals surface area contributed by atoms with Crippen molar-refractivity contribution in [3.05, 3.63) is 52.5 Å². The number of nitrogens with zero attached hydrogens (tertiary/aromatic N) is 1. The molecule has 7 heteroatoms. The lowest BCUT2D eigenvalue weighted by atomic mass is 9.97. The van der Waals surface area contributed by atoms with Crippen LogP contribution in [0.2, 0.25) is 0 Å². The first-order valence-electron chi connectivity index (χ1n) is 8.01. The molecule has 2 aromatic rings. The standard InChI is InChI=1S/C17H21FN2O2S2/c18-16-1-3-17(4-2-16)24(21,22)19-11-14-5-8-20(9-6-14)12-15-7-10-23-13-15/h1-4,7,10,13-14,19H,5-6,8-9,11-12H2. The van der Waals surface area contributed by atoms with Crippen LogP contribution in [0, 0.1) is 11.7 Å². The lowest BCUT2D eigenvalue weighted by Gasteiger charge is -2.31. The first kappa shape index (κ1) is 17.5. The average Bonchev–Trinajstić information content (AvgIpc) is 3.08. The van der Waals surface area contributed by atoms with Gasteiger partial charge in [0, 0.05) is 13.1 Å². The van der Waals surface area contributed by atoms with Crippen LogP contribution in [0.5, 0.6) is 0 Å². The molecule has 0 aliphatic carbocycles. The van der Waals surface area contributed by atoms with E-state index in [-0.39, 0.29) is 4.90 Å². The predicted octanol–water partition coefficient (Wildman–Crippen LogP) is 3.08. The fourth-order valence-corrected chi connectivity index (χ4v) is 4.69. The summed E-state index contributed by atoms with van der Waals surface area (Å²) < 4.78 is 40.0. The number of hydrogen-bond acceptors (Lipinski definition) is 4. The zero-order valence-electron chi connectivity index (χ0n) is 13.3. The molecule has 24 heavy (non-hydrogen) atoms. The Kier molecular flexibility index (Phi) is 5.65. The number of thiophene rings is 1. The first-order chi connectivity index (χ1) is 11.5. The quantitative estimate of drug-likeness (QED) is 0.852. The minimum Gasteiger partial charge on any atom is -0.299 e. The van der Waals surface area contributed by atoms with Gasteiger partial charge in [-0.15, -0.1) is 0 Å². The second kappa shape index (κ2) is 7.74. The highest BCUT2D eigenvalue weighted by Crippen LogP contribution is 2.20. The minimum atomic E-state index is -3.56. The van der Waals surface area contributed by atoms with Gasteiger partial charge >= 0.3 is 0 Å². The summed E-state index contributed by atoms with van der Waals surface area (Å²) in [4.78, 5) is 2.52. The van der Waals surface area contributed by atoms with Crippen LogP contribution in [0.1, 0.15) is 18.4 Å². The maximum Gasteiger partial charge on any atom is 0.240 e. The van der Waals surface area contributed by atoms with Crippen molar-refractivity contribution in [3.8, 4) is 0 Å². The minimum absolute atomic E-state index is 0.110. The van der Waals surface area contributed by atoms with E-state index >= 15 is 0 Å². The Morgan fingerprint density at radius 2 is 1.88 bits per heavy atom. The van der Waals surface area contributed by atoms with Crippen LogP contribution in [-0.2, 0) is 16.6 Å². The third-order valence-corrected chi connectivity index (χ3v) is 6.55. The third-order valence-electron chi connectivity index (χ3n) is 4.38. The van der Waals surface area contributed by atoms with Crippen molar-refractivity contribution >= 4 is 21.4 Å². The molecule has 2 heterocycles. The van der Waals surface area contributed by atoms with Gasteiger partial charge in [-0.2, -0.15) is 11.3 Å². The predicted molar refractivity (Wildman–Crippen MR) is 93.9 cm³/mol. The van der Waals surface area contributed by atoms with Gasteiger partial charge in [0.05, 0.1) is 4.90 Å². The zero-order chi connectivity index (χ0) is 17.0. The van der Waals surface area contributed by atoms with Gasteiger partial charge < -0.3 is 0 Å².